The average molecular weight is 729 g/mol. The standard InChI is InChI=1S/C35H41F3N6O3S.CH2O2/c1-20-2-5-28(34(45)39-20)40-29-16-26(37)31(17-25(29)36)44-10-6-22(7-11-44)43-12-8-24(9-13-43)48-19-32-41-30-15-23(47-18-21-3-4-21)14-27(38)33(30)35(46)42-32;2-1-3/h14-17,21-22,24,28,40H,1-13,18-19H2,(H,39,45)(H,41,42,46);1H,(H,2,3). The molecule has 274 valence electrons. The molecule has 2 aromatic carbocycles. The van der Waals surface area contributed by atoms with Crippen molar-refractivity contribution in [2.24, 2.45) is 5.92 Å². The number of nitrogens with zero attached hydrogens (tertiary/aromatic N) is 3. The van der Waals surface area contributed by atoms with E-state index < -0.39 is 29.1 Å². The van der Waals surface area contributed by atoms with Crippen molar-refractivity contribution in [3.8, 4) is 5.75 Å². The van der Waals surface area contributed by atoms with Gasteiger partial charge in [-0.05, 0) is 70.4 Å². The first-order valence-corrected chi connectivity index (χ1v) is 18.4. The quantitative estimate of drug-likeness (QED) is 0.201. The van der Waals surface area contributed by atoms with Gasteiger partial charge in [-0.2, -0.15) is 11.8 Å². The number of piperidine rings is 3. The van der Waals surface area contributed by atoms with E-state index in [1.807, 2.05) is 4.90 Å². The summed E-state index contributed by atoms with van der Waals surface area (Å²) in [5.74, 6) is 0.0000861. The number of hydrogen-bond acceptors (Lipinski definition) is 9. The zero-order chi connectivity index (χ0) is 36.1. The molecule has 1 amide bonds. The molecule has 1 aromatic heterocycles. The minimum atomic E-state index is -0.635. The second-order valence-corrected chi connectivity index (χ2v) is 14.8. The fourth-order valence-corrected chi connectivity index (χ4v) is 8.04. The predicted octanol–water partition coefficient (Wildman–Crippen LogP) is 5.40. The van der Waals surface area contributed by atoms with Gasteiger partial charge >= 0.3 is 0 Å². The molecule has 11 nitrogen and oxygen atoms in total. The second kappa shape index (κ2) is 16.4. The van der Waals surface area contributed by atoms with Crippen LogP contribution < -0.4 is 25.8 Å². The Morgan fingerprint density at radius 2 is 1.71 bits per heavy atom. The topological polar surface area (TPSA) is 140 Å². The minimum Gasteiger partial charge on any atom is -0.493 e. The van der Waals surface area contributed by atoms with E-state index in [4.69, 9.17) is 14.6 Å². The van der Waals surface area contributed by atoms with Crippen LogP contribution in [0.1, 0.15) is 57.2 Å². The van der Waals surface area contributed by atoms with Crippen molar-refractivity contribution in [2.45, 2.75) is 74.5 Å². The molecule has 0 bridgehead atoms. The van der Waals surface area contributed by atoms with E-state index in [-0.39, 0.29) is 29.1 Å². The molecule has 51 heavy (non-hydrogen) atoms. The summed E-state index contributed by atoms with van der Waals surface area (Å²) in [5, 5.41) is 12.8. The summed E-state index contributed by atoms with van der Waals surface area (Å²) >= 11 is 1.76. The van der Waals surface area contributed by atoms with Gasteiger partial charge in [0.25, 0.3) is 12.0 Å². The van der Waals surface area contributed by atoms with Gasteiger partial charge in [-0.15, -0.1) is 0 Å². The number of anilines is 2. The van der Waals surface area contributed by atoms with E-state index in [0.29, 0.717) is 78.3 Å². The number of carbonyl (C=O) groups is 2. The van der Waals surface area contributed by atoms with E-state index in [0.717, 1.165) is 57.7 Å². The molecule has 3 saturated heterocycles. The summed E-state index contributed by atoms with van der Waals surface area (Å²) in [4.78, 5) is 45.0. The zero-order valence-corrected chi connectivity index (χ0v) is 29.1. The largest absolute Gasteiger partial charge is 0.493 e. The van der Waals surface area contributed by atoms with Crippen molar-refractivity contribution >= 4 is 46.4 Å². The van der Waals surface area contributed by atoms with Gasteiger partial charge in [-0.25, -0.2) is 18.2 Å². The Hall–Kier alpha value is -4.24. The lowest BCUT2D eigenvalue weighted by atomic mass is 9.99. The highest BCUT2D eigenvalue weighted by molar-refractivity contribution is 7.99. The Balaban J connectivity index is 0.00000144. The molecule has 7 rings (SSSR count). The molecular weight excluding hydrogens is 685 g/mol. The number of carbonyl (C=O) groups excluding carboxylic acids is 1. The number of H-pyrrole nitrogens is 1. The number of carboxylic acid groups (broad SMARTS) is 1. The normalized spacial score (nSPS) is 20.5. The van der Waals surface area contributed by atoms with Gasteiger partial charge in [-0.1, -0.05) is 6.58 Å². The number of thioether (sulfide) groups is 1. The predicted molar refractivity (Wildman–Crippen MR) is 191 cm³/mol. The van der Waals surface area contributed by atoms with Crippen LogP contribution in [0.2, 0.25) is 0 Å². The molecule has 4 N–H and O–H groups in total. The molecule has 0 radical (unpaired) electrons. The Kier molecular flexibility index (Phi) is 11.8. The lowest BCUT2D eigenvalue weighted by molar-refractivity contribution is -0.123. The van der Waals surface area contributed by atoms with E-state index in [1.165, 1.54) is 12.1 Å². The van der Waals surface area contributed by atoms with Crippen LogP contribution in [0.15, 0.2) is 41.3 Å². The number of rotatable bonds is 10. The second-order valence-electron chi connectivity index (χ2n) is 13.5. The summed E-state index contributed by atoms with van der Waals surface area (Å²) in [6.45, 7) is 7.21. The Labute approximate surface area is 298 Å². The van der Waals surface area contributed by atoms with Gasteiger partial charge in [0.15, 0.2) is 0 Å². The van der Waals surface area contributed by atoms with Gasteiger partial charge in [0.2, 0.25) is 5.91 Å². The first-order chi connectivity index (χ1) is 24.6. The molecule has 1 saturated carbocycles. The number of allylic oxidation sites excluding steroid dienone is 1. The molecule has 1 atom stereocenters. The lowest BCUT2D eigenvalue weighted by Gasteiger charge is -2.42. The number of aromatic nitrogens is 2. The van der Waals surface area contributed by atoms with Gasteiger partial charge in [0, 0.05) is 54.3 Å². The number of nitrogens with one attached hydrogen (secondary N) is 3. The molecule has 4 heterocycles. The van der Waals surface area contributed by atoms with Crippen LogP contribution in [0.3, 0.4) is 0 Å². The number of ether oxygens (including phenoxy) is 1. The van der Waals surface area contributed by atoms with Crippen LogP contribution in [-0.4, -0.2) is 82.5 Å². The first kappa shape index (κ1) is 36.5. The van der Waals surface area contributed by atoms with Crippen LogP contribution in [0.4, 0.5) is 24.5 Å². The van der Waals surface area contributed by atoms with Crippen LogP contribution in [0.5, 0.6) is 5.75 Å². The van der Waals surface area contributed by atoms with Crippen molar-refractivity contribution in [1.82, 2.24) is 20.2 Å². The molecule has 0 spiro atoms. The van der Waals surface area contributed by atoms with Crippen LogP contribution in [0, 0.1) is 23.4 Å². The maximum Gasteiger partial charge on any atom is 0.290 e. The van der Waals surface area contributed by atoms with E-state index in [1.54, 1.807) is 17.8 Å². The Morgan fingerprint density at radius 3 is 2.39 bits per heavy atom. The highest BCUT2D eigenvalue weighted by Crippen LogP contribution is 2.33. The van der Waals surface area contributed by atoms with Gasteiger partial charge in [0.1, 0.15) is 40.5 Å². The fraction of sp³-hybridized carbons (Fsp3) is 0.500. The number of halogens is 3. The lowest BCUT2D eigenvalue weighted by Crippen LogP contribution is -2.48. The third-order valence-electron chi connectivity index (χ3n) is 9.94. The number of likely N-dealkylation sites (tertiary alicyclic amines) is 1. The number of aromatic amines is 1. The van der Waals surface area contributed by atoms with Crippen molar-refractivity contribution in [3.05, 3.63) is 70.2 Å². The number of fused-ring (bicyclic) bond motifs is 1. The minimum absolute atomic E-state index is 0.0147. The maximum atomic E-state index is 15.2. The monoisotopic (exact) mass is 728 g/mol. The molecule has 3 aromatic rings. The molecule has 1 unspecified atom stereocenters. The average Bonchev–Trinajstić information content (AvgIpc) is 3.94. The molecule has 4 aliphatic rings. The molecule has 15 heteroatoms. The fourth-order valence-electron chi connectivity index (χ4n) is 6.96. The smallest absolute Gasteiger partial charge is 0.290 e. The molecule has 3 aliphatic heterocycles. The summed E-state index contributed by atoms with van der Waals surface area (Å²) in [6, 6.07) is 5.05. The highest BCUT2D eigenvalue weighted by Gasteiger charge is 2.31. The number of hydrogen-bond donors (Lipinski definition) is 4. The van der Waals surface area contributed by atoms with Crippen molar-refractivity contribution in [2.75, 3.05) is 43.0 Å². The van der Waals surface area contributed by atoms with Crippen molar-refractivity contribution < 1.29 is 32.6 Å². The van der Waals surface area contributed by atoms with E-state index in [9.17, 15) is 14.0 Å². The van der Waals surface area contributed by atoms with Gasteiger partial charge in [-0.3, -0.25) is 14.4 Å². The molecule has 4 fully saturated rings. The van der Waals surface area contributed by atoms with Crippen molar-refractivity contribution in [1.29, 1.82) is 0 Å². The summed E-state index contributed by atoms with van der Waals surface area (Å²) < 4.78 is 50.7. The third-order valence-corrected chi connectivity index (χ3v) is 11.3. The number of benzene rings is 2. The third kappa shape index (κ3) is 9.17. The van der Waals surface area contributed by atoms with E-state index >= 15 is 8.78 Å². The van der Waals surface area contributed by atoms with Gasteiger partial charge < -0.3 is 35.3 Å². The first-order valence-electron chi connectivity index (χ1n) is 17.4. The zero-order valence-electron chi connectivity index (χ0n) is 28.3. The van der Waals surface area contributed by atoms with Crippen LogP contribution >= 0.6 is 11.8 Å². The van der Waals surface area contributed by atoms with Gasteiger partial charge in [0.05, 0.1) is 29.3 Å². The summed E-state index contributed by atoms with van der Waals surface area (Å²) in [5.41, 5.74) is 0.705. The van der Waals surface area contributed by atoms with E-state index in [2.05, 4.69) is 32.1 Å². The SMILES string of the molecule is C=C1CCC(Nc2cc(F)c(N3CCC(N4CCC(SCc5nc6cc(OCC7CC7)cc(F)c6c(=O)[nH]5)CC4)CC3)cc2F)C(=O)N1.O=CO. The molecular formula is C36H43F3N6O5S. The summed E-state index contributed by atoms with van der Waals surface area (Å²) in [7, 11) is 0. The van der Waals surface area contributed by atoms with Crippen LogP contribution in [0.25, 0.3) is 10.9 Å². The number of amides is 1. The van der Waals surface area contributed by atoms with Crippen LogP contribution in [-0.2, 0) is 15.3 Å². The maximum absolute atomic E-state index is 15.2. The van der Waals surface area contributed by atoms with Crippen molar-refractivity contribution in [3.63, 3.8) is 0 Å². The molecule has 1 aliphatic carbocycles. The summed E-state index contributed by atoms with van der Waals surface area (Å²) in [6.07, 6.45) is 7.03. The highest BCUT2D eigenvalue weighted by atomic mass is 32.2. The Morgan fingerprint density at radius 1 is 0.980 bits per heavy atom. The Bertz CT molecular complexity index is 1810.